The highest BCUT2D eigenvalue weighted by Gasteiger charge is 2.18. The summed E-state index contributed by atoms with van der Waals surface area (Å²) in [5.41, 5.74) is 0. The zero-order valence-electron chi connectivity index (χ0n) is 13.1. The number of rotatable bonds is 5. The Kier molecular flexibility index (Phi) is 4.84. The van der Waals surface area contributed by atoms with Crippen LogP contribution in [0.1, 0.15) is 27.7 Å². The summed E-state index contributed by atoms with van der Waals surface area (Å²) in [5, 5.41) is 5.12. The molecule has 0 bridgehead atoms. The minimum atomic E-state index is -0.517. The quantitative estimate of drug-likeness (QED) is 0.908. The molecule has 0 spiro atoms. The van der Waals surface area contributed by atoms with Gasteiger partial charge in [0.2, 0.25) is 0 Å². The van der Waals surface area contributed by atoms with Crippen molar-refractivity contribution < 1.29 is 9.53 Å². The van der Waals surface area contributed by atoms with Gasteiger partial charge in [-0.25, -0.2) is 0 Å². The predicted molar refractivity (Wildman–Crippen MR) is 86.5 cm³/mol. The number of hydrogen-bond acceptors (Lipinski definition) is 2. The summed E-state index contributed by atoms with van der Waals surface area (Å²) in [6.07, 6.45) is -0.517. The van der Waals surface area contributed by atoms with E-state index in [0.29, 0.717) is 5.92 Å². The van der Waals surface area contributed by atoms with Crippen molar-refractivity contribution >= 4 is 16.7 Å². The van der Waals surface area contributed by atoms with E-state index in [1.165, 1.54) is 0 Å². The van der Waals surface area contributed by atoms with Gasteiger partial charge < -0.3 is 10.1 Å². The first-order valence-electron chi connectivity index (χ1n) is 7.44. The van der Waals surface area contributed by atoms with Gasteiger partial charge in [-0.2, -0.15) is 0 Å². The summed E-state index contributed by atoms with van der Waals surface area (Å²) in [6, 6.07) is 14.0. The van der Waals surface area contributed by atoms with E-state index in [1.54, 1.807) is 6.92 Å². The van der Waals surface area contributed by atoms with Gasteiger partial charge in [0.15, 0.2) is 6.10 Å². The molecule has 2 atom stereocenters. The first-order valence-corrected chi connectivity index (χ1v) is 7.44. The minimum Gasteiger partial charge on any atom is -0.480 e. The lowest BCUT2D eigenvalue weighted by Crippen LogP contribution is -2.43. The predicted octanol–water partition coefficient (Wildman–Crippen LogP) is 3.77. The summed E-state index contributed by atoms with van der Waals surface area (Å²) >= 11 is 0. The van der Waals surface area contributed by atoms with Crippen LogP contribution in [0.2, 0.25) is 0 Å². The van der Waals surface area contributed by atoms with Crippen LogP contribution in [0.5, 0.6) is 5.75 Å². The van der Waals surface area contributed by atoms with Crippen LogP contribution in [-0.4, -0.2) is 18.1 Å². The van der Waals surface area contributed by atoms with Crippen LogP contribution in [0.25, 0.3) is 10.8 Å². The Bertz CT molecular complexity index is 616. The molecule has 2 aromatic rings. The molecule has 1 amide bonds. The van der Waals surface area contributed by atoms with E-state index in [-0.39, 0.29) is 11.9 Å². The Morgan fingerprint density at radius 3 is 2.38 bits per heavy atom. The fourth-order valence-electron chi connectivity index (χ4n) is 2.05. The molecule has 0 unspecified atom stereocenters. The number of benzene rings is 2. The van der Waals surface area contributed by atoms with Crippen LogP contribution < -0.4 is 10.1 Å². The summed E-state index contributed by atoms with van der Waals surface area (Å²) < 4.78 is 5.86. The highest BCUT2D eigenvalue weighted by atomic mass is 16.5. The maximum absolute atomic E-state index is 12.2. The number of hydrogen-bond donors (Lipinski definition) is 1. The van der Waals surface area contributed by atoms with Gasteiger partial charge in [0, 0.05) is 11.4 Å². The third kappa shape index (κ3) is 3.75. The Labute approximate surface area is 126 Å². The zero-order valence-corrected chi connectivity index (χ0v) is 13.1. The van der Waals surface area contributed by atoms with Crippen molar-refractivity contribution in [3.63, 3.8) is 0 Å². The molecular formula is C18H23NO2. The Morgan fingerprint density at radius 1 is 1.00 bits per heavy atom. The third-order valence-electron chi connectivity index (χ3n) is 3.79. The second-order valence-electron chi connectivity index (χ2n) is 5.78. The zero-order chi connectivity index (χ0) is 15.4. The van der Waals surface area contributed by atoms with Crippen LogP contribution in [0.3, 0.4) is 0 Å². The van der Waals surface area contributed by atoms with Crippen molar-refractivity contribution in [3.8, 4) is 5.75 Å². The monoisotopic (exact) mass is 285 g/mol. The molecule has 0 saturated heterocycles. The Hall–Kier alpha value is -2.03. The lowest BCUT2D eigenvalue weighted by molar-refractivity contribution is -0.128. The molecule has 0 fully saturated rings. The maximum Gasteiger partial charge on any atom is 0.260 e. The van der Waals surface area contributed by atoms with Gasteiger partial charge in [-0.05, 0) is 31.2 Å². The molecule has 0 heterocycles. The maximum atomic E-state index is 12.2. The number of carbonyl (C=O) groups is 1. The summed E-state index contributed by atoms with van der Waals surface area (Å²) in [5.74, 6) is 1.07. The van der Waals surface area contributed by atoms with E-state index in [2.05, 4.69) is 19.2 Å². The van der Waals surface area contributed by atoms with Gasteiger partial charge in [0.05, 0.1) is 0 Å². The third-order valence-corrected chi connectivity index (χ3v) is 3.79. The lowest BCUT2D eigenvalue weighted by Gasteiger charge is -2.21. The molecule has 3 nitrogen and oxygen atoms in total. The van der Waals surface area contributed by atoms with Gasteiger partial charge in [-0.3, -0.25) is 4.79 Å². The molecule has 112 valence electrons. The number of nitrogens with one attached hydrogen (secondary N) is 1. The van der Waals surface area contributed by atoms with Crippen molar-refractivity contribution in [2.45, 2.75) is 39.8 Å². The Balaban J connectivity index is 2.11. The molecule has 1 N–H and O–H groups in total. The molecule has 0 aliphatic rings. The topological polar surface area (TPSA) is 38.3 Å². The fraction of sp³-hybridized carbons (Fsp3) is 0.389. The van der Waals surface area contributed by atoms with E-state index >= 15 is 0 Å². The van der Waals surface area contributed by atoms with Crippen molar-refractivity contribution in [2.75, 3.05) is 0 Å². The average Bonchev–Trinajstić information content (AvgIpc) is 2.47. The van der Waals surface area contributed by atoms with Crippen LogP contribution in [-0.2, 0) is 4.79 Å². The number of carbonyl (C=O) groups excluding carboxylic acids is 1. The van der Waals surface area contributed by atoms with Crippen LogP contribution in [0, 0.1) is 5.92 Å². The van der Waals surface area contributed by atoms with Crippen molar-refractivity contribution in [1.29, 1.82) is 0 Å². The second-order valence-corrected chi connectivity index (χ2v) is 5.78. The van der Waals surface area contributed by atoms with Crippen LogP contribution in [0.4, 0.5) is 0 Å². The summed E-state index contributed by atoms with van der Waals surface area (Å²) in [6.45, 7) is 7.96. The van der Waals surface area contributed by atoms with Crippen molar-refractivity contribution in [3.05, 3.63) is 42.5 Å². The molecule has 2 rings (SSSR count). The molecule has 21 heavy (non-hydrogen) atoms. The number of amides is 1. The van der Waals surface area contributed by atoms with E-state index in [4.69, 9.17) is 4.74 Å². The molecule has 0 radical (unpaired) electrons. The van der Waals surface area contributed by atoms with Crippen molar-refractivity contribution in [1.82, 2.24) is 5.32 Å². The largest absolute Gasteiger partial charge is 0.480 e. The van der Waals surface area contributed by atoms with Gasteiger partial charge in [0.25, 0.3) is 5.91 Å². The number of ether oxygens (including phenoxy) is 1. The highest BCUT2D eigenvalue weighted by Crippen LogP contribution is 2.26. The smallest absolute Gasteiger partial charge is 0.260 e. The molecule has 3 heteroatoms. The van der Waals surface area contributed by atoms with Gasteiger partial charge >= 0.3 is 0 Å². The summed E-state index contributed by atoms with van der Waals surface area (Å²) in [7, 11) is 0. The molecule has 2 aromatic carbocycles. The molecule has 0 aromatic heterocycles. The SMILES string of the molecule is CC(C)[C@H](C)NC(=O)[C@@H](C)Oc1cccc2ccccc12. The molecule has 0 saturated carbocycles. The number of fused-ring (bicyclic) bond motifs is 1. The van der Waals surface area contributed by atoms with E-state index < -0.39 is 6.10 Å². The van der Waals surface area contributed by atoms with Gasteiger partial charge in [0.1, 0.15) is 5.75 Å². The first kappa shape index (κ1) is 15.4. The standard InChI is InChI=1S/C18H23NO2/c1-12(2)13(3)19-18(20)14(4)21-17-11-7-9-15-8-5-6-10-16(15)17/h5-14H,1-4H3,(H,19,20)/t13-,14+/m0/s1. The van der Waals surface area contributed by atoms with E-state index in [0.717, 1.165) is 16.5 Å². The van der Waals surface area contributed by atoms with Gasteiger partial charge in [-0.1, -0.05) is 50.2 Å². The minimum absolute atomic E-state index is 0.0795. The lowest BCUT2D eigenvalue weighted by atomic mass is 10.1. The molecule has 0 aliphatic carbocycles. The van der Waals surface area contributed by atoms with Crippen LogP contribution >= 0.6 is 0 Å². The van der Waals surface area contributed by atoms with Crippen LogP contribution in [0.15, 0.2) is 42.5 Å². The normalized spacial score (nSPS) is 14.0. The van der Waals surface area contributed by atoms with Crippen molar-refractivity contribution in [2.24, 2.45) is 5.92 Å². The molecule has 0 aliphatic heterocycles. The fourth-order valence-corrected chi connectivity index (χ4v) is 2.05. The Morgan fingerprint density at radius 2 is 1.67 bits per heavy atom. The second kappa shape index (κ2) is 6.61. The summed E-state index contributed by atoms with van der Waals surface area (Å²) in [4.78, 5) is 12.2. The first-order chi connectivity index (χ1) is 9.99. The average molecular weight is 285 g/mol. The van der Waals surface area contributed by atoms with E-state index in [9.17, 15) is 4.79 Å². The van der Waals surface area contributed by atoms with E-state index in [1.807, 2.05) is 49.4 Å². The molecular weight excluding hydrogens is 262 g/mol. The van der Waals surface area contributed by atoms with Gasteiger partial charge in [-0.15, -0.1) is 0 Å². The highest BCUT2D eigenvalue weighted by molar-refractivity contribution is 5.89.